The average Bonchev–Trinajstić information content (AvgIpc) is 2.28. The van der Waals surface area contributed by atoms with Crippen LogP contribution in [0.25, 0.3) is 0 Å². The topological polar surface area (TPSA) is 38.5 Å². The van der Waals surface area contributed by atoms with E-state index in [1.54, 1.807) is 0 Å². The summed E-state index contributed by atoms with van der Waals surface area (Å²) in [5.74, 6) is 0. The van der Waals surface area contributed by atoms with Gasteiger partial charge in [-0.2, -0.15) is 0 Å². The molecule has 96 valence electrons. The minimum atomic E-state index is 0.00952. The summed E-state index contributed by atoms with van der Waals surface area (Å²) in [6, 6.07) is 5.96. The summed E-state index contributed by atoms with van der Waals surface area (Å²) < 4.78 is 5.32. The van der Waals surface area contributed by atoms with Crippen molar-refractivity contribution in [1.82, 2.24) is 0 Å². The average molecular weight is 257 g/mol. The van der Waals surface area contributed by atoms with Crippen LogP contribution < -0.4 is 10.6 Å². The normalized spacial score (nSPS) is 12.5. The van der Waals surface area contributed by atoms with Crippen molar-refractivity contribution < 1.29 is 4.74 Å². The van der Waals surface area contributed by atoms with E-state index in [1.807, 2.05) is 39.1 Å². The molecule has 0 radical (unpaired) electrons. The number of likely N-dealkylation sites (N-methyl/N-ethyl adjacent to an activating group) is 1. The van der Waals surface area contributed by atoms with E-state index in [2.05, 4.69) is 4.90 Å². The van der Waals surface area contributed by atoms with Gasteiger partial charge in [0.2, 0.25) is 0 Å². The maximum Gasteiger partial charge on any atom is 0.0642 e. The van der Waals surface area contributed by atoms with Gasteiger partial charge in [-0.25, -0.2) is 0 Å². The minimum Gasteiger partial charge on any atom is -0.380 e. The Labute approximate surface area is 109 Å². The highest BCUT2D eigenvalue weighted by molar-refractivity contribution is 6.33. The van der Waals surface area contributed by atoms with Crippen molar-refractivity contribution in [3.05, 3.63) is 28.8 Å². The first-order valence-corrected chi connectivity index (χ1v) is 6.28. The fraction of sp³-hybridized carbons (Fsp3) is 0.538. The van der Waals surface area contributed by atoms with E-state index in [-0.39, 0.29) is 6.04 Å². The first kappa shape index (κ1) is 14.3. The quantitative estimate of drug-likeness (QED) is 0.796. The monoisotopic (exact) mass is 256 g/mol. The third-order valence-corrected chi connectivity index (χ3v) is 2.99. The number of nitrogens with two attached hydrogens (primary N) is 1. The second-order valence-electron chi connectivity index (χ2n) is 4.12. The van der Waals surface area contributed by atoms with E-state index >= 15 is 0 Å². The van der Waals surface area contributed by atoms with Crippen LogP contribution >= 0.6 is 11.6 Å². The van der Waals surface area contributed by atoms with Gasteiger partial charge in [-0.05, 0) is 31.5 Å². The van der Waals surface area contributed by atoms with Gasteiger partial charge < -0.3 is 15.4 Å². The van der Waals surface area contributed by atoms with Crippen molar-refractivity contribution in [1.29, 1.82) is 0 Å². The Morgan fingerprint density at radius 1 is 1.47 bits per heavy atom. The van der Waals surface area contributed by atoms with Gasteiger partial charge in [0.1, 0.15) is 0 Å². The molecule has 1 atom stereocenters. The smallest absolute Gasteiger partial charge is 0.0642 e. The Bertz CT molecular complexity index is 355. The Morgan fingerprint density at radius 3 is 2.71 bits per heavy atom. The Morgan fingerprint density at radius 2 is 2.18 bits per heavy atom. The highest BCUT2D eigenvalue weighted by Crippen LogP contribution is 2.27. The fourth-order valence-corrected chi connectivity index (χ4v) is 1.92. The van der Waals surface area contributed by atoms with Crippen LogP contribution in [0.15, 0.2) is 18.2 Å². The predicted octanol–water partition coefficient (Wildman–Crippen LogP) is 2.83. The molecule has 0 spiro atoms. The molecule has 17 heavy (non-hydrogen) atoms. The molecule has 3 nitrogen and oxygen atoms in total. The minimum absolute atomic E-state index is 0.00952. The molecular formula is C13H21ClN2O. The summed E-state index contributed by atoms with van der Waals surface area (Å²) in [4.78, 5) is 2.09. The molecule has 0 bridgehead atoms. The number of halogens is 1. The van der Waals surface area contributed by atoms with Crippen LogP contribution in [0.1, 0.15) is 25.5 Å². The molecule has 0 heterocycles. The van der Waals surface area contributed by atoms with Gasteiger partial charge in [-0.15, -0.1) is 0 Å². The lowest BCUT2D eigenvalue weighted by atomic mass is 10.1. The second-order valence-corrected chi connectivity index (χ2v) is 4.53. The third kappa shape index (κ3) is 4.19. The summed E-state index contributed by atoms with van der Waals surface area (Å²) in [5.41, 5.74) is 7.88. The van der Waals surface area contributed by atoms with Crippen LogP contribution in [0.2, 0.25) is 5.02 Å². The molecule has 1 aromatic carbocycles. The molecule has 0 saturated carbocycles. The van der Waals surface area contributed by atoms with Gasteiger partial charge in [0.15, 0.2) is 0 Å². The Hall–Kier alpha value is -0.770. The summed E-state index contributed by atoms with van der Waals surface area (Å²) in [6.45, 7) is 6.21. The molecule has 0 aromatic heterocycles. The lowest BCUT2D eigenvalue weighted by Crippen LogP contribution is -2.23. The molecule has 2 N–H and O–H groups in total. The maximum atomic E-state index is 6.24. The maximum absolute atomic E-state index is 6.24. The first-order chi connectivity index (χ1) is 8.06. The van der Waals surface area contributed by atoms with Crippen LogP contribution in [0, 0.1) is 0 Å². The van der Waals surface area contributed by atoms with Crippen LogP contribution in [0.5, 0.6) is 0 Å². The highest BCUT2D eigenvalue weighted by Gasteiger charge is 2.08. The number of ether oxygens (including phenoxy) is 1. The van der Waals surface area contributed by atoms with Crippen molar-refractivity contribution in [2.24, 2.45) is 5.73 Å². The summed E-state index contributed by atoms with van der Waals surface area (Å²) in [5, 5.41) is 0.735. The number of rotatable bonds is 6. The largest absolute Gasteiger partial charge is 0.380 e. The summed E-state index contributed by atoms with van der Waals surface area (Å²) >= 11 is 6.24. The van der Waals surface area contributed by atoms with E-state index in [4.69, 9.17) is 22.1 Å². The molecule has 0 unspecified atom stereocenters. The molecule has 0 aliphatic carbocycles. The van der Waals surface area contributed by atoms with Gasteiger partial charge in [0, 0.05) is 26.2 Å². The van der Waals surface area contributed by atoms with E-state index < -0.39 is 0 Å². The third-order valence-electron chi connectivity index (χ3n) is 2.68. The summed E-state index contributed by atoms with van der Waals surface area (Å²) in [7, 11) is 2.01. The van der Waals surface area contributed by atoms with E-state index in [9.17, 15) is 0 Å². The zero-order valence-electron chi connectivity index (χ0n) is 10.7. The SMILES string of the molecule is CCOCCN(C)c1ccc([C@H](C)N)cc1Cl. The lowest BCUT2D eigenvalue weighted by molar-refractivity contribution is 0.154. The molecule has 1 aromatic rings. The molecule has 0 fully saturated rings. The molecule has 0 aliphatic rings. The van der Waals surface area contributed by atoms with E-state index in [1.165, 1.54) is 0 Å². The van der Waals surface area contributed by atoms with Crippen LogP contribution in [-0.4, -0.2) is 26.8 Å². The standard InChI is InChI=1S/C13H21ClN2O/c1-4-17-8-7-16(3)13-6-5-11(10(2)15)9-12(13)14/h5-6,9-10H,4,7-8,15H2,1-3H3/t10-/m0/s1. The number of anilines is 1. The van der Waals surface area contributed by atoms with Crippen LogP contribution in [-0.2, 0) is 4.74 Å². The molecule has 0 saturated heterocycles. The Kier molecular flexibility index (Phi) is 5.75. The van der Waals surface area contributed by atoms with Crippen molar-refractivity contribution in [3.8, 4) is 0 Å². The van der Waals surface area contributed by atoms with Gasteiger partial charge in [-0.1, -0.05) is 17.7 Å². The predicted molar refractivity (Wildman–Crippen MR) is 73.8 cm³/mol. The Balaban J connectivity index is 2.70. The number of benzene rings is 1. The molecular weight excluding hydrogens is 236 g/mol. The first-order valence-electron chi connectivity index (χ1n) is 5.90. The van der Waals surface area contributed by atoms with Crippen LogP contribution in [0.4, 0.5) is 5.69 Å². The van der Waals surface area contributed by atoms with Crippen molar-refractivity contribution in [2.75, 3.05) is 31.7 Å². The van der Waals surface area contributed by atoms with Crippen molar-refractivity contribution in [2.45, 2.75) is 19.9 Å². The van der Waals surface area contributed by atoms with E-state index in [0.717, 1.165) is 29.4 Å². The van der Waals surface area contributed by atoms with E-state index in [0.29, 0.717) is 6.61 Å². The molecule has 4 heteroatoms. The van der Waals surface area contributed by atoms with Gasteiger partial charge in [0.25, 0.3) is 0 Å². The second kappa shape index (κ2) is 6.84. The van der Waals surface area contributed by atoms with Gasteiger partial charge in [0.05, 0.1) is 17.3 Å². The number of hydrogen-bond acceptors (Lipinski definition) is 3. The van der Waals surface area contributed by atoms with Crippen LogP contribution in [0.3, 0.4) is 0 Å². The van der Waals surface area contributed by atoms with Gasteiger partial charge >= 0.3 is 0 Å². The zero-order chi connectivity index (χ0) is 12.8. The van der Waals surface area contributed by atoms with Crippen molar-refractivity contribution in [3.63, 3.8) is 0 Å². The summed E-state index contributed by atoms with van der Waals surface area (Å²) in [6.07, 6.45) is 0. The zero-order valence-corrected chi connectivity index (χ0v) is 11.5. The molecule has 0 amide bonds. The lowest BCUT2D eigenvalue weighted by Gasteiger charge is -2.21. The highest BCUT2D eigenvalue weighted by atomic mass is 35.5. The number of nitrogens with zero attached hydrogens (tertiary/aromatic N) is 1. The van der Waals surface area contributed by atoms with Gasteiger partial charge in [-0.3, -0.25) is 0 Å². The molecule has 0 aliphatic heterocycles. The number of hydrogen-bond donors (Lipinski definition) is 1. The fourth-order valence-electron chi connectivity index (χ4n) is 1.58. The molecule has 1 rings (SSSR count). The van der Waals surface area contributed by atoms with Crippen molar-refractivity contribution >= 4 is 17.3 Å².